The molecule has 1 aromatic carbocycles. The molecule has 2 aliphatic heterocycles. The van der Waals surface area contributed by atoms with Crippen molar-refractivity contribution in [2.45, 2.75) is 51.3 Å². The van der Waals surface area contributed by atoms with E-state index in [9.17, 15) is 14.0 Å². The Kier molecular flexibility index (Phi) is 8.37. The Morgan fingerprint density at radius 1 is 1.09 bits per heavy atom. The van der Waals surface area contributed by atoms with Crippen molar-refractivity contribution in [1.82, 2.24) is 19.4 Å². The number of rotatable bonds is 8. The van der Waals surface area contributed by atoms with E-state index in [1.54, 1.807) is 46.9 Å². The molecule has 0 bridgehead atoms. The maximum absolute atomic E-state index is 15.2. The Bertz CT molecular complexity index is 1620. The monoisotopic (exact) mass is 606 g/mol. The number of piperidine rings is 1. The smallest absolute Gasteiger partial charge is 0.274 e. The molecule has 4 aromatic rings. The third-order valence-corrected chi connectivity index (χ3v) is 8.75. The van der Waals surface area contributed by atoms with Gasteiger partial charge in [0.1, 0.15) is 11.8 Å². The molecule has 1 N–H and O–H groups in total. The number of carbonyl (C=O) groups excluding carboxylic acids is 2. The van der Waals surface area contributed by atoms with Gasteiger partial charge in [-0.15, -0.1) is 11.3 Å². The lowest BCUT2D eigenvalue weighted by Crippen LogP contribution is -2.40. The number of benzene rings is 1. The molecular weight excluding hydrogens is 574 g/mol. The number of amides is 2. The fourth-order valence-corrected chi connectivity index (χ4v) is 6.52. The van der Waals surface area contributed by atoms with E-state index >= 15 is 4.39 Å². The van der Waals surface area contributed by atoms with Gasteiger partial charge in [-0.05, 0) is 54.8 Å². The molecule has 3 aromatic heterocycles. The first-order chi connectivity index (χ1) is 20.8. The molecule has 224 valence electrons. The standard InChI is InChI=1S/C31H32F2N6O3S/c1-20(40)37-14-9-23(10-15-37)42-28-7-6-22(17-24(28)32)39-13-3-4-26(39)25-19-43-31(35-25)36-30(41)27-5-2-12-38(27)18-21-8-11-34-29(33)16-21/h2,5-8,11-12,16-17,19,23,26H,3-4,9-10,13-15,18H2,1H3,(H,35,36,41). The molecule has 1 atom stereocenters. The van der Waals surface area contributed by atoms with Crippen molar-refractivity contribution in [2.24, 2.45) is 0 Å². The molecule has 2 amide bonds. The van der Waals surface area contributed by atoms with Crippen LogP contribution in [-0.2, 0) is 11.3 Å². The van der Waals surface area contributed by atoms with Gasteiger partial charge in [-0.25, -0.2) is 14.4 Å². The van der Waals surface area contributed by atoms with Crippen LogP contribution in [0.2, 0.25) is 0 Å². The average Bonchev–Trinajstić information content (AvgIpc) is 3.76. The summed E-state index contributed by atoms with van der Waals surface area (Å²) in [5.74, 6) is -1.02. The molecule has 5 heterocycles. The van der Waals surface area contributed by atoms with Gasteiger partial charge >= 0.3 is 0 Å². The Balaban J connectivity index is 1.09. The zero-order chi connectivity index (χ0) is 29.9. The number of hydrogen-bond acceptors (Lipinski definition) is 7. The van der Waals surface area contributed by atoms with Crippen molar-refractivity contribution in [3.63, 3.8) is 0 Å². The van der Waals surface area contributed by atoms with Gasteiger partial charge in [0, 0.05) is 75.5 Å². The summed E-state index contributed by atoms with van der Waals surface area (Å²) in [7, 11) is 0. The highest BCUT2D eigenvalue weighted by Crippen LogP contribution is 2.38. The lowest BCUT2D eigenvalue weighted by molar-refractivity contribution is -0.130. The zero-order valence-corrected chi connectivity index (χ0v) is 24.5. The highest BCUT2D eigenvalue weighted by atomic mass is 32.1. The summed E-state index contributed by atoms with van der Waals surface area (Å²) in [6.07, 6.45) is 6.18. The first kappa shape index (κ1) is 28.8. The summed E-state index contributed by atoms with van der Waals surface area (Å²) < 4.78 is 36.4. The Morgan fingerprint density at radius 2 is 1.93 bits per heavy atom. The van der Waals surface area contributed by atoms with E-state index < -0.39 is 11.8 Å². The number of likely N-dealkylation sites (tertiary alicyclic amines) is 1. The predicted molar refractivity (Wildman–Crippen MR) is 159 cm³/mol. The van der Waals surface area contributed by atoms with Crippen molar-refractivity contribution in [1.29, 1.82) is 0 Å². The SMILES string of the molecule is CC(=O)N1CCC(Oc2ccc(N3CCCC3c3csc(NC(=O)c4cccn4Cc4ccnc(F)c4)n3)cc2F)CC1. The average molecular weight is 607 g/mol. The lowest BCUT2D eigenvalue weighted by atomic mass is 10.1. The first-order valence-corrected chi connectivity index (χ1v) is 15.2. The van der Waals surface area contributed by atoms with Crippen LogP contribution in [-0.4, -0.2) is 57.0 Å². The molecule has 6 rings (SSSR count). The summed E-state index contributed by atoms with van der Waals surface area (Å²) >= 11 is 1.34. The molecule has 2 saturated heterocycles. The Labute approximate surface area is 252 Å². The fraction of sp³-hybridized carbons (Fsp3) is 0.355. The minimum Gasteiger partial charge on any atom is -0.487 e. The highest BCUT2D eigenvalue weighted by Gasteiger charge is 2.30. The molecule has 1 unspecified atom stereocenters. The van der Waals surface area contributed by atoms with Gasteiger partial charge in [0.15, 0.2) is 16.7 Å². The van der Waals surface area contributed by atoms with Crippen LogP contribution >= 0.6 is 11.3 Å². The van der Waals surface area contributed by atoms with Gasteiger partial charge < -0.3 is 19.1 Å². The second kappa shape index (κ2) is 12.5. The Morgan fingerprint density at radius 3 is 2.70 bits per heavy atom. The maximum Gasteiger partial charge on any atom is 0.274 e. The number of ether oxygens (including phenoxy) is 1. The summed E-state index contributed by atoms with van der Waals surface area (Å²) in [5, 5.41) is 5.29. The number of nitrogens with zero attached hydrogens (tertiary/aromatic N) is 5. The van der Waals surface area contributed by atoms with Crippen LogP contribution in [0.5, 0.6) is 5.75 Å². The second-order valence-electron chi connectivity index (χ2n) is 10.8. The van der Waals surface area contributed by atoms with Gasteiger partial charge in [-0.1, -0.05) is 0 Å². The second-order valence-corrected chi connectivity index (χ2v) is 11.7. The molecule has 0 radical (unpaired) electrons. The van der Waals surface area contributed by atoms with E-state index in [2.05, 4.69) is 15.2 Å². The largest absolute Gasteiger partial charge is 0.487 e. The van der Waals surface area contributed by atoms with Crippen LogP contribution in [0.4, 0.5) is 19.6 Å². The molecule has 0 saturated carbocycles. The van der Waals surface area contributed by atoms with E-state index in [0.717, 1.165) is 30.8 Å². The van der Waals surface area contributed by atoms with Crippen LogP contribution in [0.3, 0.4) is 0 Å². The molecular formula is C31H32F2N6O3S. The molecule has 9 nitrogen and oxygen atoms in total. The zero-order valence-electron chi connectivity index (χ0n) is 23.7. The van der Waals surface area contributed by atoms with E-state index in [-0.39, 0.29) is 29.7 Å². The number of carbonyl (C=O) groups is 2. The van der Waals surface area contributed by atoms with Gasteiger partial charge in [0.05, 0.1) is 11.7 Å². The van der Waals surface area contributed by atoms with E-state index in [4.69, 9.17) is 9.72 Å². The van der Waals surface area contributed by atoms with Gasteiger partial charge in [-0.2, -0.15) is 4.39 Å². The maximum atomic E-state index is 15.2. The van der Waals surface area contributed by atoms with Crippen LogP contribution in [0.15, 0.2) is 60.2 Å². The third kappa shape index (κ3) is 6.53. The highest BCUT2D eigenvalue weighted by molar-refractivity contribution is 7.14. The predicted octanol–water partition coefficient (Wildman–Crippen LogP) is 5.65. The van der Waals surface area contributed by atoms with Crippen LogP contribution in [0, 0.1) is 11.8 Å². The number of nitrogens with one attached hydrogen (secondary N) is 1. The molecule has 12 heteroatoms. The number of halogens is 2. The van der Waals surface area contributed by atoms with Crippen molar-refractivity contribution in [3.8, 4) is 5.75 Å². The number of anilines is 2. The minimum absolute atomic E-state index is 0.0468. The summed E-state index contributed by atoms with van der Waals surface area (Å²) in [6, 6.07) is 11.5. The van der Waals surface area contributed by atoms with Crippen molar-refractivity contribution in [3.05, 3.63) is 89.0 Å². The number of pyridine rings is 1. The van der Waals surface area contributed by atoms with Crippen LogP contribution < -0.4 is 15.0 Å². The van der Waals surface area contributed by atoms with Crippen molar-refractivity contribution < 1.29 is 23.1 Å². The van der Waals surface area contributed by atoms with Gasteiger partial charge in [0.2, 0.25) is 11.9 Å². The summed E-state index contributed by atoms with van der Waals surface area (Å²) in [4.78, 5) is 36.9. The van der Waals surface area contributed by atoms with E-state index in [1.807, 2.05) is 11.4 Å². The molecule has 2 fully saturated rings. The van der Waals surface area contributed by atoms with Crippen LogP contribution in [0.25, 0.3) is 0 Å². The van der Waals surface area contributed by atoms with E-state index in [1.165, 1.54) is 29.7 Å². The van der Waals surface area contributed by atoms with Gasteiger partial charge in [-0.3, -0.25) is 14.9 Å². The van der Waals surface area contributed by atoms with Crippen molar-refractivity contribution in [2.75, 3.05) is 29.9 Å². The number of aromatic nitrogens is 3. The third-order valence-electron chi connectivity index (χ3n) is 7.97. The molecule has 2 aliphatic rings. The van der Waals surface area contributed by atoms with Gasteiger partial charge in [0.25, 0.3) is 5.91 Å². The quantitative estimate of drug-likeness (QED) is 0.261. The molecule has 43 heavy (non-hydrogen) atoms. The number of hydrogen-bond donors (Lipinski definition) is 1. The summed E-state index contributed by atoms with van der Waals surface area (Å²) in [6.45, 7) is 3.88. The normalized spacial score (nSPS) is 17.3. The topological polar surface area (TPSA) is 92.6 Å². The first-order valence-electron chi connectivity index (χ1n) is 14.3. The van der Waals surface area contributed by atoms with Crippen molar-refractivity contribution >= 4 is 34.0 Å². The minimum atomic E-state index is -0.568. The van der Waals surface area contributed by atoms with Crippen LogP contribution in [0.1, 0.15) is 60.4 Å². The molecule has 0 aliphatic carbocycles. The summed E-state index contributed by atoms with van der Waals surface area (Å²) in [5.41, 5.74) is 2.70. The lowest BCUT2D eigenvalue weighted by Gasteiger charge is -2.31. The number of thiazole rings is 1. The molecule has 0 spiro atoms. The Hall–Kier alpha value is -4.32. The fourth-order valence-electron chi connectivity index (χ4n) is 5.77. The van der Waals surface area contributed by atoms with E-state index in [0.29, 0.717) is 48.9 Å².